The highest BCUT2D eigenvalue weighted by Crippen LogP contribution is 2.36. The molecule has 0 bridgehead atoms. The topological polar surface area (TPSA) is 44.8 Å². The van der Waals surface area contributed by atoms with Gasteiger partial charge in [-0.05, 0) is 30.7 Å². The van der Waals surface area contributed by atoms with Gasteiger partial charge < -0.3 is 14.2 Å². The lowest BCUT2D eigenvalue weighted by Gasteiger charge is -2.18. The van der Waals surface area contributed by atoms with E-state index in [0.717, 1.165) is 12.1 Å². The highest BCUT2D eigenvalue weighted by atomic mass is 19.4. The van der Waals surface area contributed by atoms with Crippen molar-refractivity contribution in [3.8, 4) is 0 Å². The first-order valence-electron chi connectivity index (χ1n) is 6.53. The first-order chi connectivity index (χ1) is 10.4. The first-order valence-corrected chi connectivity index (χ1v) is 6.53. The van der Waals surface area contributed by atoms with Crippen LogP contribution < -0.4 is 0 Å². The van der Waals surface area contributed by atoms with Gasteiger partial charge in [-0.25, -0.2) is 0 Å². The summed E-state index contributed by atoms with van der Waals surface area (Å²) in [6.07, 6.45) is -4.65. The van der Waals surface area contributed by atoms with Crippen LogP contribution >= 0.6 is 0 Å². The second-order valence-corrected chi connectivity index (χ2v) is 4.67. The largest absolute Gasteiger partial charge is 0.479 e. The lowest BCUT2D eigenvalue weighted by molar-refractivity contribution is -0.138. The SMILES string of the molecule is C/C=C1/O[C@@H](c2ccc(C(F)(F)F)cc2)[C@H](OCOC)C1=O. The zero-order chi connectivity index (χ0) is 16.3. The molecule has 1 aliphatic heterocycles. The molecule has 120 valence electrons. The third-order valence-electron chi connectivity index (χ3n) is 3.22. The molecular weight excluding hydrogens is 301 g/mol. The minimum Gasteiger partial charge on any atom is -0.479 e. The van der Waals surface area contributed by atoms with Gasteiger partial charge >= 0.3 is 6.18 Å². The summed E-state index contributed by atoms with van der Waals surface area (Å²) in [6.45, 7) is 1.52. The molecule has 0 aliphatic carbocycles. The molecule has 0 unspecified atom stereocenters. The van der Waals surface area contributed by atoms with Crippen molar-refractivity contribution >= 4 is 5.78 Å². The number of ketones is 1. The number of ether oxygens (including phenoxy) is 3. The third kappa shape index (κ3) is 3.31. The van der Waals surface area contributed by atoms with Crippen molar-refractivity contribution in [1.29, 1.82) is 0 Å². The number of alkyl halides is 3. The summed E-state index contributed by atoms with van der Waals surface area (Å²) in [5.41, 5.74) is -0.333. The van der Waals surface area contributed by atoms with Gasteiger partial charge in [0.05, 0.1) is 5.56 Å². The molecule has 0 aromatic heterocycles. The molecule has 0 N–H and O–H groups in total. The standard InChI is InChI=1S/C15H15F3O4/c1-3-11-12(19)14(21-8-20-2)13(22-11)9-4-6-10(7-5-9)15(16,17)18/h3-7,13-14H,8H2,1-2H3/b11-3+/t13-,14+/m0/s1. The molecule has 0 amide bonds. The quantitative estimate of drug-likeness (QED) is 0.632. The van der Waals surface area contributed by atoms with Crippen LogP contribution in [0.3, 0.4) is 0 Å². The van der Waals surface area contributed by atoms with Gasteiger partial charge in [0.1, 0.15) is 6.79 Å². The Morgan fingerprint density at radius 1 is 1.27 bits per heavy atom. The van der Waals surface area contributed by atoms with Crippen LogP contribution in [-0.4, -0.2) is 25.8 Å². The number of rotatable bonds is 4. The maximum Gasteiger partial charge on any atom is 0.416 e. The Bertz CT molecular complexity index is 563. The summed E-state index contributed by atoms with van der Waals surface area (Å²) in [6, 6.07) is 4.46. The molecule has 22 heavy (non-hydrogen) atoms. The van der Waals surface area contributed by atoms with Gasteiger partial charge in [-0.3, -0.25) is 4.79 Å². The predicted octanol–water partition coefficient (Wildman–Crippen LogP) is 3.24. The third-order valence-corrected chi connectivity index (χ3v) is 3.22. The van der Waals surface area contributed by atoms with E-state index in [1.165, 1.54) is 25.3 Å². The Labute approximate surface area is 125 Å². The second kappa shape index (κ2) is 6.50. The van der Waals surface area contributed by atoms with Gasteiger partial charge in [-0.1, -0.05) is 12.1 Å². The van der Waals surface area contributed by atoms with Crippen molar-refractivity contribution < 1.29 is 32.2 Å². The van der Waals surface area contributed by atoms with E-state index in [9.17, 15) is 18.0 Å². The summed E-state index contributed by atoms with van der Waals surface area (Å²) in [7, 11) is 1.41. The Morgan fingerprint density at radius 3 is 2.41 bits per heavy atom. The number of benzene rings is 1. The maximum absolute atomic E-state index is 12.6. The number of carbonyl (C=O) groups is 1. The van der Waals surface area contributed by atoms with Crippen LogP contribution in [0.5, 0.6) is 0 Å². The molecular formula is C15H15F3O4. The Kier molecular flexibility index (Phi) is 4.87. The van der Waals surface area contributed by atoms with Crippen molar-refractivity contribution in [1.82, 2.24) is 0 Å². The summed E-state index contributed by atoms with van der Waals surface area (Å²) in [5, 5.41) is 0. The van der Waals surface area contributed by atoms with E-state index in [0.29, 0.717) is 5.56 Å². The molecule has 7 heteroatoms. The van der Waals surface area contributed by atoms with Crippen LogP contribution in [0.4, 0.5) is 13.2 Å². The van der Waals surface area contributed by atoms with Gasteiger partial charge in [0.25, 0.3) is 0 Å². The van der Waals surface area contributed by atoms with E-state index in [-0.39, 0.29) is 18.3 Å². The molecule has 1 fully saturated rings. The Morgan fingerprint density at radius 2 is 1.91 bits per heavy atom. The number of halogens is 3. The number of hydrogen-bond acceptors (Lipinski definition) is 4. The lowest BCUT2D eigenvalue weighted by Crippen LogP contribution is -2.25. The molecule has 4 nitrogen and oxygen atoms in total. The highest BCUT2D eigenvalue weighted by Gasteiger charge is 2.42. The molecule has 1 saturated heterocycles. The van der Waals surface area contributed by atoms with E-state index in [1.54, 1.807) is 6.92 Å². The number of carbonyl (C=O) groups excluding carboxylic acids is 1. The molecule has 1 aromatic carbocycles. The minimum atomic E-state index is -4.41. The van der Waals surface area contributed by atoms with Crippen LogP contribution in [-0.2, 0) is 25.2 Å². The molecule has 2 atom stereocenters. The zero-order valence-electron chi connectivity index (χ0n) is 12.0. The van der Waals surface area contributed by atoms with Crippen molar-refractivity contribution in [3.63, 3.8) is 0 Å². The summed E-state index contributed by atoms with van der Waals surface area (Å²) >= 11 is 0. The van der Waals surface area contributed by atoms with Crippen LogP contribution in [0.1, 0.15) is 24.2 Å². The van der Waals surface area contributed by atoms with Gasteiger partial charge in [-0.15, -0.1) is 0 Å². The summed E-state index contributed by atoms with van der Waals surface area (Å²) in [4.78, 5) is 12.1. The Balaban J connectivity index is 2.26. The summed E-state index contributed by atoms with van der Waals surface area (Å²) < 4.78 is 53.3. The molecule has 0 spiro atoms. The van der Waals surface area contributed by atoms with Gasteiger partial charge in [0.2, 0.25) is 5.78 Å². The first kappa shape index (κ1) is 16.5. The smallest absolute Gasteiger partial charge is 0.416 e. The molecule has 2 rings (SSSR count). The van der Waals surface area contributed by atoms with E-state index < -0.39 is 23.9 Å². The van der Waals surface area contributed by atoms with Crippen LogP contribution in [0, 0.1) is 0 Å². The minimum absolute atomic E-state index is 0.117. The maximum atomic E-state index is 12.6. The fraction of sp³-hybridized carbons (Fsp3) is 0.400. The van der Waals surface area contributed by atoms with Crippen molar-refractivity contribution in [2.75, 3.05) is 13.9 Å². The van der Waals surface area contributed by atoms with Crippen molar-refractivity contribution in [3.05, 3.63) is 47.2 Å². The van der Waals surface area contributed by atoms with E-state index >= 15 is 0 Å². The normalized spacial score (nSPS) is 23.9. The zero-order valence-corrected chi connectivity index (χ0v) is 12.0. The summed E-state index contributed by atoms with van der Waals surface area (Å²) in [5.74, 6) is -0.226. The number of hydrogen-bond donors (Lipinski definition) is 0. The van der Waals surface area contributed by atoms with Crippen LogP contribution in [0.15, 0.2) is 36.1 Å². The molecule has 0 saturated carbocycles. The molecule has 1 aromatic rings. The highest BCUT2D eigenvalue weighted by molar-refractivity contribution is 5.99. The number of methoxy groups -OCH3 is 1. The van der Waals surface area contributed by atoms with Gasteiger partial charge in [0, 0.05) is 7.11 Å². The average molecular weight is 316 g/mol. The fourth-order valence-corrected chi connectivity index (χ4v) is 2.15. The Hall–Kier alpha value is -1.86. The van der Waals surface area contributed by atoms with E-state index in [4.69, 9.17) is 14.2 Å². The van der Waals surface area contributed by atoms with Crippen molar-refractivity contribution in [2.24, 2.45) is 0 Å². The van der Waals surface area contributed by atoms with Gasteiger partial charge in [-0.2, -0.15) is 13.2 Å². The molecule has 1 heterocycles. The van der Waals surface area contributed by atoms with Gasteiger partial charge in [0.15, 0.2) is 18.0 Å². The average Bonchev–Trinajstić information content (AvgIpc) is 2.80. The lowest BCUT2D eigenvalue weighted by atomic mass is 10.0. The predicted molar refractivity (Wildman–Crippen MR) is 70.8 cm³/mol. The van der Waals surface area contributed by atoms with Crippen LogP contribution in [0.2, 0.25) is 0 Å². The fourth-order valence-electron chi connectivity index (χ4n) is 2.15. The van der Waals surface area contributed by atoms with E-state index in [2.05, 4.69) is 0 Å². The monoisotopic (exact) mass is 316 g/mol. The molecule has 0 radical (unpaired) electrons. The number of allylic oxidation sites excluding steroid dienone is 1. The molecule has 1 aliphatic rings. The van der Waals surface area contributed by atoms with Crippen molar-refractivity contribution in [2.45, 2.75) is 25.3 Å². The van der Waals surface area contributed by atoms with Crippen LogP contribution in [0.25, 0.3) is 0 Å². The number of Topliss-reactive ketones (excluding diaryl/α,β-unsaturated/α-hetero) is 1. The van der Waals surface area contributed by atoms with E-state index in [1.807, 2.05) is 0 Å². The second-order valence-electron chi connectivity index (χ2n) is 4.67.